The molecule has 5 heteroatoms. The number of aliphatic imine (C=N–C) groups is 1. The maximum Gasteiger partial charge on any atom is 0.188 e. The number of hydrogen-bond acceptors (Lipinski definition) is 2. The Kier molecular flexibility index (Phi) is 5.99. The van der Waals surface area contributed by atoms with Crippen LogP contribution in [0.3, 0.4) is 0 Å². The average Bonchev–Trinajstić information content (AvgIpc) is 2.13. The summed E-state index contributed by atoms with van der Waals surface area (Å²) in [4.78, 5) is 4.31. The van der Waals surface area contributed by atoms with E-state index in [1.807, 2.05) is 0 Å². The highest BCUT2D eigenvalue weighted by atomic mass is 127. The van der Waals surface area contributed by atoms with Crippen LogP contribution in [0.2, 0.25) is 0 Å². The summed E-state index contributed by atoms with van der Waals surface area (Å²) in [5, 5.41) is 12.9. The molecule has 0 amide bonds. The third-order valence-electron chi connectivity index (χ3n) is 3.93. The summed E-state index contributed by atoms with van der Waals surface area (Å²) in [5.41, 5.74) is 5.33. The van der Waals surface area contributed by atoms with Gasteiger partial charge in [-0.1, -0.05) is 6.42 Å². The molecular formula is C12H24IN3O. The largest absolute Gasteiger partial charge is 0.390 e. The molecule has 2 rings (SSSR count). The van der Waals surface area contributed by atoms with Crippen LogP contribution in [0, 0.1) is 5.92 Å². The van der Waals surface area contributed by atoms with E-state index in [2.05, 4.69) is 10.3 Å². The molecule has 0 aromatic carbocycles. The smallest absolute Gasteiger partial charge is 0.188 e. The number of aliphatic hydroxyl groups is 1. The molecule has 2 aliphatic carbocycles. The van der Waals surface area contributed by atoms with Gasteiger partial charge in [0.25, 0.3) is 0 Å². The monoisotopic (exact) mass is 353 g/mol. The molecule has 4 N–H and O–H groups in total. The van der Waals surface area contributed by atoms with Crippen molar-refractivity contribution < 1.29 is 5.11 Å². The average molecular weight is 353 g/mol. The maximum atomic E-state index is 9.87. The molecule has 0 unspecified atom stereocenters. The molecule has 4 nitrogen and oxygen atoms in total. The number of halogens is 1. The van der Waals surface area contributed by atoms with E-state index in [1.54, 1.807) is 0 Å². The predicted molar refractivity (Wildman–Crippen MR) is 80.7 cm³/mol. The van der Waals surface area contributed by atoms with Gasteiger partial charge in [-0.15, -0.1) is 24.0 Å². The van der Waals surface area contributed by atoms with Gasteiger partial charge >= 0.3 is 0 Å². The Bertz CT molecular complexity index is 262. The zero-order chi connectivity index (χ0) is 11.4. The molecule has 0 radical (unpaired) electrons. The fraction of sp³-hybridized carbons (Fsp3) is 0.917. The number of rotatable bonds is 5. The third-order valence-corrected chi connectivity index (χ3v) is 3.93. The fourth-order valence-corrected chi connectivity index (χ4v) is 2.22. The predicted octanol–water partition coefficient (Wildman–Crippen LogP) is 1.61. The van der Waals surface area contributed by atoms with Crippen molar-refractivity contribution in [2.75, 3.05) is 13.1 Å². The summed E-state index contributed by atoms with van der Waals surface area (Å²) in [6.45, 7) is 1.60. The molecule has 2 fully saturated rings. The Balaban J connectivity index is 0.00000144. The van der Waals surface area contributed by atoms with E-state index in [1.165, 1.54) is 19.3 Å². The Labute approximate surface area is 120 Å². The second-order valence-electron chi connectivity index (χ2n) is 5.28. The second-order valence-corrected chi connectivity index (χ2v) is 5.28. The first-order valence-corrected chi connectivity index (χ1v) is 6.44. The molecule has 0 saturated heterocycles. The topological polar surface area (TPSA) is 70.6 Å². The van der Waals surface area contributed by atoms with Crippen molar-refractivity contribution >= 4 is 29.9 Å². The molecule has 0 heterocycles. The van der Waals surface area contributed by atoms with Gasteiger partial charge in [0.05, 0.1) is 5.60 Å². The molecule has 2 aliphatic rings. The number of nitrogens with two attached hydrogens (primary N) is 1. The molecule has 0 aromatic rings. The minimum absolute atomic E-state index is 0. The lowest BCUT2D eigenvalue weighted by molar-refractivity contribution is -0.0386. The lowest BCUT2D eigenvalue weighted by Gasteiger charge is -2.36. The van der Waals surface area contributed by atoms with Gasteiger partial charge in [-0.3, -0.25) is 4.99 Å². The molecule has 100 valence electrons. The van der Waals surface area contributed by atoms with Crippen LogP contribution in [0.4, 0.5) is 0 Å². The summed E-state index contributed by atoms with van der Waals surface area (Å²) < 4.78 is 0. The first-order valence-electron chi connectivity index (χ1n) is 6.44. The van der Waals surface area contributed by atoms with Crippen molar-refractivity contribution in [3.8, 4) is 0 Å². The van der Waals surface area contributed by atoms with Crippen LogP contribution in [-0.4, -0.2) is 29.8 Å². The minimum atomic E-state index is -0.415. The molecule has 2 saturated carbocycles. The summed E-state index contributed by atoms with van der Waals surface area (Å²) >= 11 is 0. The summed E-state index contributed by atoms with van der Waals surface area (Å²) in [5.74, 6) is 1.30. The standard InChI is InChI=1S/C12H23N3O.HI/c13-11(15-9-10-3-1-4-10)14-8-7-12(16)5-2-6-12;/h10,16H,1-9H2,(H3,13,14,15);1H. The van der Waals surface area contributed by atoms with Crippen molar-refractivity contribution in [2.24, 2.45) is 16.6 Å². The molecule has 0 aromatic heterocycles. The van der Waals surface area contributed by atoms with Crippen LogP contribution in [0.25, 0.3) is 0 Å². The van der Waals surface area contributed by atoms with Gasteiger partial charge in [-0.2, -0.15) is 0 Å². The van der Waals surface area contributed by atoms with Crippen LogP contribution in [0.1, 0.15) is 44.9 Å². The lowest BCUT2D eigenvalue weighted by Crippen LogP contribution is -2.42. The Morgan fingerprint density at radius 3 is 2.53 bits per heavy atom. The molecule has 0 atom stereocenters. The first kappa shape index (κ1) is 15.0. The highest BCUT2D eigenvalue weighted by molar-refractivity contribution is 14.0. The van der Waals surface area contributed by atoms with Gasteiger partial charge in [0.2, 0.25) is 0 Å². The highest BCUT2D eigenvalue weighted by Gasteiger charge is 2.33. The third kappa shape index (κ3) is 4.62. The fourth-order valence-electron chi connectivity index (χ4n) is 2.22. The molecule has 0 bridgehead atoms. The van der Waals surface area contributed by atoms with Crippen LogP contribution >= 0.6 is 24.0 Å². The quantitative estimate of drug-likeness (QED) is 0.400. The molecular weight excluding hydrogens is 329 g/mol. The Hall–Kier alpha value is -0.0400. The summed E-state index contributed by atoms with van der Waals surface area (Å²) in [6.07, 6.45) is 7.77. The zero-order valence-corrected chi connectivity index (χ0v) is 12.7. The summed E-state index contributed by atoms with van der Waals surface area (Å²) in [6, 6.07) is 0. The van der Waals surface area contributed by atoms with Crippen LogP contribution < -0.4 is 11.1 Å². The SMILES string of the molecule is I.NC(=NCC1CCC1)NCCC1(O)CCC1. The number of nitrogens with zero attached hydrogens (tertiary/aromatic N) is 1. The highest BCUT2D eigenvalue weighted by Crippen LogP contribution is 2.34. The normalized spacial score (nSPS) is 23.2. The van der Waals surface area contributed by atoms with E-state index in [0.717, 1.165) is 44.7 Å². The Morgan fingerprint density at radius 2 is 2.06 bits per heavy atom. The molecule has 0 spiro atoms. The van der Waals surface area contributed by atoms with Crippen LogP contribution in [0.15, 0.2) is 4.99 Å². The summed E-state index contributed by atoms with van der Waals surface area (Å²) in [7, 11) is 0. The van der Waals surface area contributed by atoms with Crippen molar-refractivity contribution in [3.63, 3.8) is 0 Å². The van der Waals surface area contributed by atoms with Gasteiger partial charge in [0, 0.05) is 13.1 Å². The van der Waals surface area contributed by atoms with E-state index in [0.29, 0.717) is 5.96 Å². The van der Waals surface area contributed by atoms with Gasteiger partial charge in [-0.05, 0) is 44.4 Å². The Morgan fingerprint density at radius 1 is 1.35 bits per heavy atom. The lowest BCUT2D eigenvalue weighted by atomic mass is 9.78. The van der Waals surface area contributed by atoms with Crippen LogP contribution in [-0.2, 0) is 0 Å². The second kappa shape index (κ2) is 6.78. The van der Waals surface area contributed by atoms with Crippen molar-refractivity contribution in [2.45, 2.75) is 50.5 Å². The van der Waals surface area contributed by atoms with Crippen molar-refractivity contribution in [1.82, 2.24) is 5.32 Å². The first-order chi connectivity index (χ1) is 7.68. The molecule has 0 aliphatic heterocycles. The number of hydrogen-bond donors (Lipinski definition) is 3. The van der Waals surface area contributed by atoms with Gasteiger partial charge < -0.3 is 16.2 Å². The zero-order valence-electron chi connectivity index (χ0n) is 10.3. The van der Waals surface area contributed by atoms with E-state index < -0.39 is 5.60 Å². The minimum Gasteiger partial charge on any atom is -0.390 e. The van der Waals surface area contributed by atoms with E-state index in [4.69, 9.17) is 5.73 Å². The van der Waals surface area contributed by atoms with Gasteiger partial charge in [-0.25, -0.2) is 0 Å². The van der Waals surface area contributed by atoms with Gasteiger partial charge in [0.1, 0.15) is 0 Å². The van der Waals surface area contributed by atoms with Crippen molar-refractivity contribution in [1.29, 1.82) is 0 Å². The maximum absolute atomic E-state index is 9.87. The number of guanidine groups is 1. The van der Waals surface area contributed by atoms with E-state index in [-0.39, 0.29) is 24.0 Å². The van der Waals surface area contributed by atoms with E-state index >= 15 is 0 Å². The van der Waals surface area contributed by atoms with Gasteiger partial charge in [0.15, 0.2) is 5.96 Å². The number of nitrogens with one attached hydrogen (secondary N) is 1. The molecule has 17 heavy (non-hydrogen) atoms. The van der Waals surface area contributed by atoms with Crippen molar-refractivity contribution in [3.05, 3.63) is 0 Å². The van der Waals surface area contributed by atoms with Crippen LogP contribution in [0.5, 0.6) is 0 Å². The van der Waals surface area contributed by atoms with E-state index in [9.17, 15) is 5.11 Å².